The second-order valence-corrected chi connectivity index (χ2v) is 4.80. The summed E-state index contributed by atoms with van der Waals surface area (Å²) >= 11 is 0. The second kappa shape index (κ2) is 5.26. The van der Waals surface area contributed by atoms with Crippen LogP contribution in [-0.4, -0.2) is 16.5 Å². The molecule has 0 fully saturated rings. The smallest absolute Gasteiger partial charge is 0.162 e. The van der Waals surface area contributed by atoms with Crippen molar-refractivity contribution in [2.45, 2.75) is 39.2 Å². The van der Waals surface area contributed by atoms with Crippen LogP contribution in [0.4, 0.5) is 0 Å². The van der Waals surface area contributed by atoms with Crippen molar-refractivity contribution in [2.75, 3.05) is 0 Å². The fourth-order valence-corrected chi connectivity index (χ4v) is 1.42. The lowest BCUT2D eigenvalue weighted by atomic mass is 9.86. The number of hydrogen-bond donors (Lipinski definition) is 1. The molecule has 1 atom stereocenters. The first-order valence-corrected chi connectivity index (χ1v) is 5.74. The average molecular weight is 220 g/mol. The van der Waals surface area contributed by atoms with Crippen molar-refractivity contribution in [3.05, 3.63) is 35.9 Å². The minimum absolute atomic E-state index is 0.0986. The molecule has 16 heavy (non-hydrogen) atoms. The van der Waals surface area contributed by atoms with Gasteiger partial charge in [-0.15, -0.1) is 0 Å². The first kappa shape index (κ1) is 12.9. The molecule has 1 aromatic rings. The van der Waals surface area contributed by atoms with Crippen molar-refractivity contribution in [1.29, 1.82) is 0 Å². The Morgan fingerprint density at radius 2 is 1.88 bits per heavy atom. The van der Waals surface area contributed by atoms with Crippen LogP contribution in [0.3, 0.4) is 0 Å². The maximum atomic E-state index is 11.8. The molecule has 0 heterocycles. The first-order valence-electron chi connectivity index (χ1n) is 5.74. The quantitative estimate of drug-likeness (QED) is 0.774. The topological polar surface area (TPSA) is 37.3 Å². The fourth-order valence-electron chi connectivity index (χ4n) is 1.42. The van der Waals surface area contributed by atoms with Gasteiger partial charge in [-0.05, 0) is 19.3 Å². The Hall–Kier alpha value is -1.15. The van der Waals surface area contributed by atoms with E-state index in [1.54, 1.807) is 6.92 Å². The molecule has 1 N–H and O–H groups in total. The zero-order chi connectivity index (χ0) is 12.2. The van der Waals surface area contributed by atoms with E-state index in [2.05, 4.69) is 0 Å². The van der Waals surface area contributed by atoms with Crippen LogP contribution in [0.1, 0.15) is 44.0 Å². The van der Waals surface area contributed by atoms with Gasteiger partial charge in [0.1, 0.15) is 0 Å². The highest BCUT2D eigenvalue weighted by molar-refractivity contribution is 5.95. The molecule has 1 rings (SSSR count). The van der Waals surface area contributed by atoms with Crippen LogP contribution < -0.4 is 0 Å². The number of rotatable bonds is 5. The average Bonchev–Trinajstić information content (AvgIpc) is 2.27. The molecule has 2 heteroatoms. The van der Waals surface area contributed by atoms with Gasteiger partial charge in [0.05, 0.1) is 5.60 Å². The standard InChI is InChI=1S/C14H20O2/c1-11(2)14(3,16)10-9-13(15)12-7-5-4-6-8-12/h4-8,11,16H,9-10H2,1-3H3. The molecule has 0 amide bonds. The van der Waals surface area contributed by atoms with Crippen LogP contribution >= 0.6 is 0 Å². The molecule has 0 saturated carbocycles. The summed E-state index contributed by atoms with van der Waals surface area (Å²) in [6.45, 7) is 5.72. The molecule has 0 aliphatic rings. The summed E-state index contributed by atoms with van der Waals surface area (Å²) in [5, 5.41) is 10.0. The molecule has 0 spiro atoms. The zero-order valence-electron chi connectivity index (χ0n) is 10.2. The van der Waals surface area contributed by atoms with Gasteiger partial charge in [0, 0.05) is 12.0 Å². The lowest BCUT2D eigenvalue weighted by Gasteiger charge is -2.27. The largest absolute Gasteiger partial charge is 0.390 e. The van der Waals surface area contributed by atoms with Crippen molar-refractivity contribution in [2.24, 2.45) is 5.92 Å². The molecular weight excluding hydrogens is 200 g/mol. The lowest BCUT2D eigenvalue weighted by molar-refractivity contribution is 0.00425. The van der Waals surface area contributed by atoms with Crippen LogP contribution in [0, 0.1) is 5.92 Å². The normalized spacial score (nSPS) is 14.8. The highest BCUT2D eigenvalue weighted by atomic mass is 16.3. The summed E-state index contributed by atoms with van der Waals surface area (Å²) in [4.78, 5) is 11.8. The summed E-state index contributed by atoms with van der Waals surface area (Å²) in [6, 6.07) is 9.22. The van der Waals surface area contributed by atoms with Crippen molar-refractivity contribution in [3.63, 3.8) is 0 Å². The number of hydrogen-bond acceptors (Lipinski definition) is 2. The zero-order valence-corrected chi connectivity index (χ0v) is 10.2. The molecule has 1 unspecified atom stereocenters. The maximum Gasteiger partial charge on any atom is 0.162 e. The summed E-state index contributed by atoms with van der Waals surface area (Å²) in [6.07, 6.45) is 0.910. The highest BCUT2D eigenvalue weighted by Crippen LogP contribution is 2.22. The van der Waals surface area contributed by atoms with Crippen molar-refractivity contribution < 1.29 is 9.90 Å². The summed E-state index contributed by atoms with van der Waals surface area (Å²) in [5.41, 5.74) is -0.0354. The lowest BCUT2D eigenvalue weighted by Crippen LogP contribution is -2.31. The molecule has 88 valence electrons. The van der Waals surface area contributed by atoms with E-state index in [4.69, 9.17) is 0 Å². The van der Waals surface area contributed by atoms with Crippen molar-refractivity contribution >= 4 is 5.78 Å². The van der Waals surface area contributed by atoms with Crippen molar-refractivity contribution in [3.8, 4) is 0 Å². The monoisotopic (exact) mass is 220 g/mol. The number of benzene rings is 1. The summed E-state index contributed by atoms with van der Waals surface area (Å²) in [5.74, 6) is 0.262. The van der Waals surface area contributed by atoms with Crippen LogP contribution in [0.5, 0.6) is 0 Å². The van der Waals surface area contributed by atoms with Gasteiger partial charge in [-0.2, -0.15) is 0 Å². The molecular formula is C14H20O2. The minimum atomic E-state index is -0.759. The predicted molar refractivity (Wildman–Crippen MR) is 65.5 cm³/mol. The molecule has 0 aliphatic carbocycles. The fraction of sp³-hybridized carbons (Fsp3) is 0.500. The highest BCUT2D eigenvalue weighted by Gasteiger charge is 2.25. The Morgan fingerprint density at radius 1 is 1.31 bits per heavy atom. The molecule has 1 aromatic carbocycles. The number of carbonyl (C=O) groups is 1. The van der Waals surface area contributed by atoms with E-state index in [0.29, 0.717) is 12.8 Å². The van der Waals surface area contributed by atoms with Crippen LogP contribution in [0.2, 0.25) is 0 Å². The number of carbonyl (C=O) groups excluding carboxylic acids is 1. The number of Topliss-reactive ketones (excluding diaryl/α,β-unsaturated/α-hetero) is 1. The van der Waals surface area contributed by atoms with E-state index in [1.807, 2.05) is 44.2 Å². The van der Waals surface area contributed by atoms with Gasteiger partial charge < -0.3 is 5.11 Å². The molecule has 0 saturated heterocycles. The molecule has 0 aromatic heterocycles. The Labute approximate surface area is 97.3 Å². The second-order valence-electron chi connectivity index (χ2n) is 4.80. The van der Waals surface area contributed by atoms with Gasteiger partial charge in [-0.3, -0.25) is 4.79 Å². The van der Waals surface area contributed by atoms with Gasteiger partial charge in [-0.25, -0.2) is 0 Å². The Balaban J connectivity index is 2.54. The predicted octanol–water partition coefficient (Wildman–Crippen LogP) is 3.06. The third-order valence-corrected chi connectivity index (χ3v) is 3.20. The van der Waals surface area contributed by atoms with E-state index in [1.165, 1.54) is 0 Å². The van der Waals surface area contributed by atoms with Crippen molar-refractivity contribution in [1.82, 2.24) is 0 Å². The Bertz CT molecular complexity index is 339. The Kier molecular flexibility index (Phi) is 4.25. The summed E-state index contributed by atoms with van der Waals surface area (Å²) < 4.78 is 0. The third-order valence-electron chi connectivity index (χ3n) is 3.20. The minimum Gasteiger partial charge on any atom is -0.390 e. The van der Waals surface area contributed by atoms with Crippen LogP contribution in [0.15, 0.2) is 30.3 Å². The maximum absolute atomic E-state index is 11.8. The van der Waals surface area contributed by atoms with Gasteiger partial charge in [0.2, 0.25) is 0 Å². The molecule has 2 nitrogen and oxygen atoms in total. The molecule has 0 radical (unpaired) electrons. The third kappa shape index (κ3) is 3.46. The van der Waals surface area contributed by atoms with E-state index in [-0.39, 0.29) is 11.7 Å². The molecule has 0 aliphatic heterocycles. The van der Waals surface area contributed by atoms with Crippen LogP contribution in [-0.2, 0) is 0 Å². The first-order chi connectivity index (χ1) is 7.43. The van der Waals surface area contributed by atoms with E-state index in [0.717, 1.165) is 5.56 Å². The molecule has 0 bridgehead atoms. The van der Waals surface area contributed by atoms with E-state index in [9.17, 15) is 9.90 Å². The number of ketones is 1. The van der Waals surface area contributed by atoms with E-state index >= 15 is 0 Å². The SMILES string of the molecule is CC(C)C(C)(O)CCC(=O)c1ccccc1. The van der Waals surface area contributed by atoms with Crippen LogP contribution in [0.25, 0.3) is 0 Å². The van der Waals surface area contributed by atoms with Gasteiger partial charge in [-0.1, -0.05) is 44.2 Å². The van der Waals surface area contributed by atoms with Gasteiger partial charge >= 0.3 is 0 Å². The van der Waals surface area contributed by atoms with Gasteiger partial charge in [0.25, 0.3) is 0 Å². The van der Waals surface area contributed by atoms with E-state index < -0.39 is 5.60 Å². The number of aliphatic hydroxyl groups is 1. The van der Waals surface area contributed by atoms with Gasteiger partial charge in [0.15, 0.2) is 5.78 Å². The summed E-state index contributed by atoms with van der Waals surface area (Å²) in [7, 11) is 0. The Morgan fingerprint density at radius 3 is 2.38 bits per heavy atom.